The van der Waals surface area contributed by atoms with Gasteiger partial charge in [0.15, 0.2) is 5.82 Å². The van der Waals surface area contributed by atoms with Gasteiger partial charge in [-0.2, -0.15) is 4.98 Å². The van der Waals surface area contributed by atoms with E-state index in [4.69, 9.17) is 9.26 Å². The Bertz CT molecular complexity index is 416. The summed E-state index contributed by atoms with van der Waals surface area (Å²) >= 11 is 0. The van der Waals surface area contributed by atoms with E-state index in [9.17, 15) is 9.59 Å². The lowest BCUT2D eigenvalue weighted by Gasteiger charge is -2.11. The second kappa shape index (κ2) is 6.73. The van der Waals surface area contributed by atoms with Gasteiger partial charge in [0.2, 0.25) is 11.8 Å². The van der Waals surface area contributed by atoms with Crippen LogP contribution in [0, 0.1) is 6.92 Å². The van der Waals surface area contributed by atoms with Crippen LogP contribution in [0.25, 0.3) is 0 Å². The molecule has 0 saturated heterocycles. The minimum Gasteiger partial charge on any atom is -0.464 e. The maximum absolute atomic E-state index is 11.5. The van der Waals surface area contributed by atoms with Crippen LogP contribution in [0.5, 0.6) is 0 Å². The maximum Gasteiger partial charge on any atom is 0.328 e. The summed E-state index contributed by atoms with van der Waals surface area (Å²) in [6, 6.07) is -0.651. The van der Waals surface area contributed by atoms with Gasteiger partial charge in [0, 0.05) is 12.8 Å². The Balaban J connectivity index is 2.31. The van der Waals surface area contributed by atoms with Gasteiger partial charge in [-0.25, -0.2) is 4.79 Å². The highest BCUT2D eigenvalue weighted by molar-refractivity contribution is 5.84. The van der Waals surface area contributed by atoms with E-state index < -0.39 is 12.0 Å². The molecule has 1 aromatic heterocycles. The van der Waals surface area contributed by atoms with Crippen molar-refractivity contribution >= 4 is 11.9 Å². The zero-order valence-electron chi connectivity index (χ0n) is 10.7. The first-order valence-electron chi connectivity index (χ1n) is 5.78. The van der Waals surface area contributed by atoms with E-state index in [1.54, 1.807) is 20.8 Å². The molecule has 7 heteroatoms. The number of rotatable bonds is 6. The summed E-state index contributed by atoms with van der Waals surface area (Å²) < 4.78 is 9.65. The molecule has 0 saturated carbocycles. The average molecular weight is 255 g/mol. The number of aryl methyl sites for hydroxylation is 2. The Labute approximate surface area is 105 Å². The Hall–Kier alpha value is -1.92. The van der Waals surface area contributed by atoms with E-state index in [0.29, 0.717) is 24.7 Å². The number of nitrogens with zero attached hydrogens (tertiary/aromatic N) is 2. The summed E-state index contributed by atoms with van der Waals surface area (Å²) in [7, 11) is 0. The first kappa shape index (κ1) is 14.1. The van der Waals surface area contributed by atoms with Gasteiger partial charge in [-0.3, -0.25) is 4.79 Å². The second-order valence-corrected chi connectivity index (χ2v) is 3.78. The van der Waals surface area contributed by atoms with Crippen molar-refractivity contribution in [3.05, 3.63) is 11.7 Å². The quantitative estimate of drug-likeness (QED) is 0.738. The van der Waals surface area contributed by atoms with Gasteiger partial charge in [-0.1, -0.05) is 5.16 Å². The summed E-state index contributed by atoms with van der Waals surface area (Å²) in [6.45, 7) is 5.29. The molecule has 0 aliphatic rings. The van der Waals surface area contributed by atoms with Crippen LogP contribution in [0.2, 0.25) is 0 Å². The topological polar surface area (TPSA) is 94.3 Å². The molecule has 18 heavy (non-hydrogen) atoms. The summed E-state index contributed by atoms with van der Waals surface area (Å²) in [6.07, 6.45) is 0.535. The summed E-state index contributed by atoms with van der Waals surface area (Å²) in [5, 5.41) is 6.15. The van der Waals surface area contributed by atoms with Crippen LogP contribution in [-0.4, -0.2) is 34.7 Å². The van der Waals surface area contributed by atoms with Crippen molar-refractivity contribution in [2.45, 2.75) is 39.7 Å². The van der Waals surface area contributed by atoms with Crippen molar-refractivity contribution in [2.24, 2.45) is 0 Å². The molecular formula is C11H17N3O4. The standard InChI is InChI=1S/C11H17N3O4/c1-4-17-11(16)7(2)12-9(15)5-6-10-13-8(3)14-18-10/h7H,4-6H2,1-3H3,(H,12,15). The fourth-order valence-electron chi connectivity index (χ4n) is 1.30. The first-order chi connectivity index (χ1) is 8.52. The Morgan fingerprint density at radius 1 is 1.50 bits per heavy atom. The Morgan fingerprint density at radius 2 is 2.22 bits per heavy atom. The number of aromatic nitrogens is 2. The third kappa shape index (κ3) is 4.52. The van der Waals surface area contributed by atoms with Crippen molar-refractivity contribution in [1.29, 1.82) is 0 Å². The van der Waals surface area contributed by atoms with Crippen LogP contribution in [-0.2, 0) is 20.7 Å². The summed E-state index contributed by atoms with van der Waals surface area (Å²) in [4.78, 5) is 26.8. The van der Waals surface area contributed by atoms with E-state index in [2.05, 4.69) is 15.5 Å². The third-order valence-corrected chi connectivity index (χ3v) is 2.15. The van der Waals surface area contributed by atoms with Gasteiger partial charge in [0.25, 0.3) is 0 Å². The molecule has 0 fully saturated rings. The molecule has 1 heterocycles. The van der Waals surface area contributed by atoms with Crippen molar-refractivity contribution < 1.29 is 18.8 Å². The van der Waals surface area contributed by atoms with Crippen LogP contribution in [0.3, 0.4) is 0 Å². The smallest absolute Gasteiger partial charge is 0.328 e. The molecule has 0 radical (unpaired) electrons. The van der Waals surface area contributed by atoms with Crippen LogP contribution in [0.4, 0.5) is 0 Å². The zero-order valence-corrected chi connectivity index (χ0v) is 10.7. The van der Waals surface area contributed by atoms with Gasteiger partial charge < -0.3 is 14.6 Å². The number of esters is 1. The Kier molecular flexibility index (Phi) is 5.29. The van der Waals surface area contributed by atoms with Crippen molar-refractivity contribution in [3.8, 4) is 0 Å². The minimum absolute atomic E-state index is 0.186. The highest BCUT2D eigenvalue weighted by Gasteiger charge is 2.16. The molecule has 1 aromatic rings. The molecule has 1 atom stereocenters. The monoisotopic (exact) mass is 255 g/mol. The lowest BCUT2D eigenvalue weighted by atomic mass is 10.2. The predicted octanol–water partition coefficient (Wildman–Crippen LogP) is 0.378. The fraction of sp³-hybridized carbons (Fsp3) is 0.636. The molecule has 1 unspecified atom stereocenters. The van der Waals surface area contributed by atoms with Gasteiger partial charge in [0.05, 0.1) is 6.61 Å². The predicted molar refractivity (Wildman–Crippen MR) is 61.6 cm³/mol. The van der Waals surface area contributed by atoms with E-state index in [0.717, 1.165) is 0 Å². The molecule has 1 amide bonds. The number of nitrogens with one attached hydrogen (secondary N) is 1. The van der Waals surface area contributed by atoms with Crippen LogP contribution in [0.15, 0.2) is 4.52 Å². The van der Waals surface area contributed by atoms with Crippen molar-refractivity contribution in [1.82, 2.24) is 15.5 Å². The molecule has 0 bridgehead atoms. The second-order valence-electron chi connectivity index (χ2n) is 3.78. The van der Waals surface area contributed by atoms with Crippen molar-refractivity contribution in [3.63, 3.8) is 0 Å². The molecule has 0 aliphatic carbocycles. The third-order valence-electron chi connectivity index (χ3n) is 2.15. The number of hydrogen-bond donors (Lipinski definition) is 1. The molecule has 0 aliphatic heterocycles. The SMILES string of the molecule is CCOC(=O)C(C)NC(=O)CCc1nc(C)no1. The lowest BCUT2D eigenvalue weighted by Crippen LogP contribution is -2.39. The number of amides is 1. The van der Waals surface area contributed by atoms with Gasteiger partial charge in [-0.15, -0.1) is 0 Å². The normalized spacial score (nSPS) is 11.9. The number of carbonyl (C=O) groups is 2. The molecular weight excluding hydrogens is 238 g/mol. The van der Waals surface area contributed by atoms with Gasteiger partial charge >= 0.3 is 5.97 Å². The molecule has 1 rings (SSSR count). The van der Waals surface area contributed by atoms with E-state index in [1.165, 1.54) is 0 Å². The molecule has 7 nitrogen and oxygen atoms in total. The first-order valence-corrected chi connectivity index (χ1v) is 5.78. The summed E-state index contributed by atoms with van der Waals surface area (Å²) in [5.74, 6) is 0.239. The molecule has 100 valence electrons. The number of hydrogen-bond acceptors (Lipinski definition) is 6. The summed E-state index contributed by atoms with van der Waals surface area (Å²) in [5.41, 5.74) is 0. The average Bonchev–Trinajstić information content (AvgIpc) is 2.73. The number of carbonyl (C=O) groups excluding carboxylic acids is 2. The Morgan fingerprint density at radius 3 is 2.78 bits per heavy atom. The largest absolute Gasteiger partial charge is 0.464 e. The molecule has 0 spiro atoms. The van der Waals surface area contributed by atoms with E-state index in [-0.39, 0.29) is 12.3 Å². The highest BCUT2D eigenvalue weighted by Crippen LogP contribution is 2.00. The highest BCUT2D eigenvalue weighted by atomic mass is 16.5. The van der Waals surface area contributed by atoms with Crippen molar-refractivity contribution in [2.75, 3.05) is 6.61 Å². The van der Waals surface area contributed by atoms with Crippen LogP contribution in [0.1, 0.15) is 32.0 Å². The van der Waals surface area contributed by atoms with Crippen LogP contribution >= 0.6 is 0 Å². The van der Waals surface area contributed by atoms with E-state index in [1.807, 2.05) is 0 Å². The van der Waals surface area contributed by atoms with Crippen LogP contribution < -0.4 is 5.32 Å². The zero-order chi connectivity index (χ0) is 13.5. The molecule has 1 N–H and O–H groups in total. The minimum atomic E-state index is -0.651. The van der Waals surface area contributed by atoms with Gasteiger partial charge in [-0.05, 0) is 20.8 Å². The maximum atomic E-state index is 11.5. The number of ether oxygens (including phenoxy) is 1. The lowest BCUT2D eigenvalue weighted by molar-refractivity contribution is -0.146. The fourth-order valence-corrected chi connectivity index (χ4v) is 1.30. The van der Waals surface area contributed by atoms with E-state index >= 15 is 0 Å². The molecule has 0 aromatic carbocycles. The van der Waals surface area contributed by atoms with Gasteiger partial charge in [0.1, 0.15) is 6.04 Å².